The average molecular weight is 230 g/mol. The molecule has 4 nitrogen and oxygen atoms in total. The topological polar surface area (TPSA) is 61.3 Å². The van der Waals surface area contributed by atoms with Crippen molar-refractivity contribution in [2.45, 2.75) is 12.3 Å². The normalized spacial score (nSPS) is 19.6. The van der Waals surface area contributed by atoms with E-state index in [1.165, 1.54) is 5.56 Å². The van der Waals surface area contributed by atoms with Gasteiger partial charge in [-0.2, -0.15) is 0 Å². The van der Waals surface area contributed by atoms with Crippen molar-refractivity contribution in [3.05, 3.63) is 36.0 Å². The Balaban J connectivity index is 2.07. The molecule has 2 N–H and O–H groups in total. The van der Waals surface area contributed by atoms with Gasteiger partial charge in [0.2, 0.25) is 5.88 Å². The highest BCUT2D eigenvalue weighted by Gasteiger charge is 2.22. The summed E-state index contributed by atoms with van der Waals surface area (Å²) in [6.07, 6.45) is 2.73. The summed E-state index contributed by atoms with van der Waals surface area (Å²) in [5, 5.41) is 3.73. The molecule has 3 rings (SSSR count). The molecule has 2 heterocycles. The van der Waals surface area contributed by atoms with Crippen molar-refractivity contribution in [2.75, 3.05) is 18.9 Å². The summed E-state index contributed by atoms with van der Waals surface area (Å²) in [7, 11) is 0. The summed E-state index contributed by atoms with van der Waals surface area (Å²) in [6.45, 7) is 1.61. The van der Waals surface area contributed by atoms with Gasteiger partial charge in [-0.1, -0.05) is 29.4 Å². The number of hydrogen-bond acceptors (Lipinski definition) is 4. The third-order valence-electron chi connectivity index (χ3n) is 3.22. The maximum atomic E-state index is 5.78. The van der Waals surface area contributed by atoms with E-state index in [-0.39, 0.29) is 0 Å². The molecule has 0 amide bonds. The number of benzene rings is 1. The molecule has 17 heavy (non-hydrogen) atoms. The van der Waals surface area contributed by atoms with Crippen LogP contribution in [0.15, 0.2) is 35.0 Å². The van der Waals surface area contributed by atoms with Crippen LogP contribution in [0, 0.1) is 0 Å². The highest BCUT2D eigenvalue weighted by atomic mass is 16.5. The van der Waals surface area contributed by atoms with Crippen LogP contribution in [0.25, 0.3) is 11.1 Å². The second kappa shape index (κ2) is 4.22. The predicted molar refractivity (Wildman–Crippen MR) is 64.5 cm³/mol. The van der Waals surface area contributed by atoms with E-state index < -0.39 is 0 Å². The van der Waals surface area contributed by atoms with E-state index in [2.05, 4.69) is 17.3 Å². The van der Waals surface area contributed by atoms with E-state index >= 15 is 0 Å². The monoisotopic (exact) mass is 230 g/mol. The lowest BCUT2D eigenvalue weighted by atomic mass is 9.91. The molecular weight excluding hydrogens is 216 g/mol. The Bertz CT molecular complexity index is 516. The summed E-state index contributed by atoms with van der Waals surface area (Å²) in [5.41, 5.74) is 9.01. The largest absolute Gasteiger partial charge is 0.381 e. The molecule has 1 fully saturated rings. The third-order valence-corrected chi connectivity index (χ3v) is 3.22. The highest BCUT2D eigenvalue weighted by Crippen LogP contribution is 2.35. The number of hydrogen-bond donors (Lipinski definition) is 1. The molecule has 1 aliphatic rings. The number of anilines is 1. The minimum Gasteiger partial charge on any atom is -0.381 e. The van der Waals surface area contributed by atoms with Crippen LogP contribution < -0.4 is 5.73 Å². The number of nitrogen functional groups attached to an aromatic ring is 1. The van der Waals surface area contributed by atoms with E-state index in [1.54, 1.807) is 6.20 Å². The molecule has 0 bridgehead atoms. The first kappa shape index (κ1) is 10.4. The van der Waals surface area contributed by atoms with E-state index in [4.69, 9.17) is 15.0 Å². The maximum Gasteiger partial charge on any atom is 0.229 e. The Morgan fingerprint density at radius 2 is 2.12 bits per heavy atom. The molecule has 0 spiro atoms. The molecule has 1 aromatic heterocycles. The molecule has 4 heteroatoms. The lowest BCUT2D eigenvalue weighted by molar-refractivity contribution is 0.194. The van der Waals surface area contributed by atoms with Gasteiger partial charge in [0.25, 0.3) is 0 Å². The number of ether oxygens (including phenoxy) is 1. The SMILES string of the molecule is Nc1oncc1-c1ccccc1C1CCOC1. The van der Waals surface area contributed by atoms with Crippen molar-refractivity contribution in [1.82, 2.24) is 5.16 Å². The lowest BCUT2D eigenvalue weighted by Crippen LogP contribution is -2.00. The predicted octanol–water partition coefficient (Wildman–Crippen LogP) is 2.43. The maximum absolute atomic E-state index is 5.78. The summed E-state index contributed by atoms with van der Waals surface area (Å²) in [4.78, 5) is 0. The lowest BCUT2D eigenvalue weighted by Gasteiger charge is -2.13. The van der Waals surface area contributed by atoms with Crippen molar-refractivity contribution in [3.8, 4) is 11.1 Å². The molecule has 0 radical (unpaired) electrons. The molecule has 2 aromatic rings. The molecule has 0 aliphatic carbocycles. The number of nitrogens with two attached hydrogens (primary N) is 1. The fourth-order valence-electron chi connectivity index (χ4n) is 2.33. The van der Waals surface area contributed by atoms with Crippen molar-refractivity contribution in [3.63, 3.8) is 0 Å². The van der Waals surface area contributed by atoms with Gasteiger partial charge >= 0.3 is 0 Å². The molecule has 1 saturated heterocycles. The summed E-state index contributed by atoms with van der Waals surface area (Å²) < 4.78 is 10.4. The van der Waals surface area contributed by atoms with Crippen LogP contribution in [0.5, 0.6) is 0 Å². The smallest absolute Gasteiger partial charge is 0.229 e. The van der Waals surface area contributed by atoms with Crippen LogP contribution in [0.1, 0.15) is 17.9 Å². The first-order chi connectivity index (χ1) is 8.36. The second-order valence-corrected chi connectivity index (χ2v) is 4.25. The van der Waals surface area contributed by atoms with Gasteiger partial charge in [-0.15, -0.1) is 0 Å². The van der Waals surface area contributed by atoms with Gasteiger partial charge in [0.15, 0.2) is 0 Å². The molecule has 88 valence electrons. The van der Waals surface area contributed by atoms with Crippen LogP contribution in [-0.2, 0) is 4.74 Å². The van der Waals surface area contributed by atoms with E-state index in [1.807, 2.05) is 12.1 Å². The second-order valence-electron chi connectivity index (χ2n) is 4.25. The van der Waals surface area contributed by atoms with Crippen molar-refractivity contribution >= 4 is 5.88 Å². The molecule has 1 atom stereocenters. The number of aromatic nitrogens is 1. The quantitative estimate of drug-likeness (QED) is 0.860. The van der Waals surface area contributed by atoms with Crippen molar-refractivity contribution in [1.29, 1.82) is 0 Å². The van der Waals surface area contributed by atoms with Crippen LogP contribution in [0.2, 0.25) is 0 Å². The Morgan fingerprint density at radius 1 is 1.24 bits per heavy atom. The third kappa shape index (κ3) is 1.80. The summed E-state index contributed by atoms with van der Waals surface area (Å²) in [5.74, 6) is 0.817. The standard InChI is InChI=1S/C13H14N2O2/c14-13-12(7-15-17-13)11-4-2-1-3-10(11)9-5-6-16-8-9/h1-4,7,9H,5-6,8,14H2. The molecule has 1 aromatic carbocycles. The minimum atomic E-state index is 0.372. The van der Waals surface area contributed by atoms with Gasteiger partial charge in [0, 0.05) is 12.5 Å². The molecule has 1 unspecified atom stereocenters. The molecule has 1 aliphatic heterocycles. The fraction of sp³-hybridized carbons (Fsp3) is 0.308. The number of rotatable bonds is 2. The first-order valence-electron chi connectivity index (χ1n) is 5.73. The van der Waals surface area contributed by atoms with E-state index in [0.717, 1.165) is 30.8 Å². The zero-order valence-electron chi connectivity index (χ0n) is 9.43. The summed E-state index contributed by atoms with van der Waals surface area (Å²) >= 11 is 0. The van der Waals surface area contributed by atoms with Gasteiger partial charge in [0.1, 0.15) is 0 Å². The average Bonchev–Trinajstić information content (AvgIpc) is 3.00. The Hall–Kier alpha value is -1.81. The van der Waals surface area contributed by atoms with Crippen molar-refractivity contribution in [2.24, 2.45) is 0 Å². The van der Waals surface area contributed by atoms with Gasteiger partial charge in [-0.25, -0.2) is 0 Å². The Morgan fingerprint density at radius 3 is 2.82 bits per heavy atom. The van der Waals surface area contributed by atoms with Crippen LogP contribution in [0.3, 0.4) is 0 Å². The Kier molecular flexibility index (Phi) is 2.57. The van der Waals surface area contributed by atoms with Crippen LogP contribution in [-0.4, -0.2) is 18.4 Å². The van der Waals surface area contributed by atoms with Gasteiger partial charge in [-0.05, 0) is 17.5 Å². The van der Waals surface area contributed by atoms with Crippen molar-refractivity contribution < 1.29 is 9.26 Å². The molecule has 0 saturated carbocycles. The first-order valence-corrected chi connectivity index (χ1v) is 5.73. The zero-order valence-corrected chi connectivity index (χ0v) is 9.43. The van der Waals surface area contributed by atoms with E-state index in [9.17, 15) is 0 Å². The van der Waals surface area contributed by atoms with Gasteiger partial charge in [-0.3, -0.25) is 0 Å². The van der Waals surface area contributed by atoms with E-state index in [0.29, 0.717) is 11.8 Å². The summed E-state index contributed by atoms with van der Waals surface area (Å²) in [6, 6.07) is 8.22. The van der Waals surface area contributed by atoms with Gasteiger partial charge in [0.05, 0.1) is 18.4 Å². The molecular formula is C13H14N2O2. The fourth-order valence-corrected chi connectivity index (χ4v) is 2.33. The minimum absolute atomic E-state index is 0.372. The van der Waals surface area contributed by atoms with Gasteiger partial charge < -0.3 is 15.0 Å². The number of nitrogens with zero attached hydrogens (tertiary/aromatic N) is 1. The highest BCUT2D eigenvalue weighted by molar-refractivity contribution is 5.75. The van der Waals surface area contributed by atoms with Crippen LogP contribution >= 0.6 is 0 Å². The van der Waals surface area contributed by atoms with Crippen LogP contribution in [0.4, 0.5) is 5.88 Å². The zero-order chi connectivity index (χ0) is 11.7. The Labute approximate surface area is 99.4 Å².